The molecule has 0 amide bonds. The van der Waals surface area contributed by atoms with E-state index in [4.69, 9.17) is 9.47 Å². The highest BCUT2D eigenvalue weighted by molar-refractivity contribution is 5.90. The molecule has 0 aliphatic rings. The van der Waals surface area contributed by atoms with Crippen LogP contribution in [0.2, 0.25) is 0 Å². The molecule has 0 aliphatic heterocycles. The Morgan fingerprint density at radius 3 is 1.58 bits per heavy atom. The molecule has 0 saturated heterocycles. The van der Waals surface area contributed by atoms with Gasteiger partial charge in [-0.2, -0.15) is 0 Å². The summed E-state index contributed by atoms with van der Waals surface area (Å²) in [5.74, 6) is -1.97. The summed E-state index contributed by atoms with van der Waals surface area (Å²) in [6.45, 7) is 17.3. The van der Waals surface area contributed by atoms with Gasteiger partial charge in [-0.1, -0.05) is 107 Å². The number of aryl methyl sites for hydroxylation is 4. The molecule has 258 valence electrons. The molecule has 0 spiro atoms. The molecule has 0 saturated carbocycles. The molecule has 0 radical (unpaired) electrons. The molecule has 0 fully saturated rings. The molecule has 3 aromatic carbocycles. The van der Waals surface area contributed by atoms with Gasteiger partial charge >= 0.3 is 11.9 Å². The van der Waals surface area contributed by atoms with Gasteiger partial charge in [-0.3, -0.25) is 0 Å². The van der Waals surface area contributed by atoms with Crippen LogP contribution in [0.25, 0.3) is 11.1 Å². The number of aliphatic hydroxyl groups is 2. The summed E-state index contributed by atoms with van der Waals surface area (Å²) < 4.78 is 11.1. The van der Waals surface area contributed by atoms with E-state index in [2.05, 4.69) is 81.6 Å². The van der Waals surface area contributed by atoms with Crippen molar-refractivity contribution in [2.75, 3.05) is 13.2 Å². The lowest BCUT2D eigenvalue weighted by atomic mass is 9.91. The molecule has 0 unspecified atom stereocenters. The van der Waals surface area contributed by atoms with Gasteiger partial charge in [0.25, 0.3) is 0 Å². The van der Waals surface area contributed by atoms with E-state index in [1.807, 2.05) is 12.1 Å². The van der Waals surface area contributed by atoms with Crippen LogP contribution in [0.15, 0.2) is 91.0 Å². The summed E-state index contributed by atoms with van der Waals surface area (Å²) in [5, 5.41) is 20.4. The number of rotatable bonds is 18. The van der Waals surface area contributed by atoms with Crippen molar-refractivity contribution < 1.29 is 29.3 Å². The molecule has 3 aromatic rings. The van der Waals surface area contributed by atoms with Gasteiger partial charge < -0.3 is 19.7 Å². The van der Waals surface area contributed by atoms with Gasteiger partial charge in [-0.25, -0.2) is 9.59 Å². The van der Waals surface area contributed by atoms with E-state index < -0.39 is 29.1 Å². The first-order chi connectivity index (χ1) is 22.6. The van der Waals surface area contributed by atoms with Crippen molar-refractivity contribution in [1.82, 2.24) is 0 Å². The Bertz CT molecular complexity index is 1490. The fraction of sp³-hybridized carbons (Fsp3) is 0.429. The molecule has 3 rings (SSSR count). The molecule has 48 heavy (non-hydrogen) atoms. The Labute approximate surface area is 287 Å². The third-order valence-corrected chi connectivity index (χ3v) is 8.84. The van der Waals surface area contributed by atoms with Crippen molar-refractivity contribution in [2.45, 2.75) is 104 Å². The van der Waals surface area contributed by atoms with Crippen LogP contribution in [-0.4, -0.2) is 46.6 Å². The zero-order valence-electron chi connectivity index (χ0n) is 29.7. The summed E-state index contributed by atoms with van der Waals surface area (Å²) in [4.78, 5) is 25.3. The van der Waals surface area contributed by atoms with E-state index >= 15 is 0 Å². The summed E-state index contributed by atoms with van der Waals surface area (Å²) in [5.41, 5.74) is 5.17. The Balaban J connectivity index is 1.75. The van der Waals surface area contributed by atoms with Crippen LogP contribution in [0, 0.1) is 0 Å². The van der Waals surface area contributed by atoms with E-state index in [9.17, 15) is 19.8 Å². The third-order valence-electron chi connectivity index (χ3n) is 8.84. The van der Waals surface area contributed by atoms with Crippen molar-refractivity contribution in [3.63, 3.8) is 0 Å². The SMILES string of the molecule is C=C(C(=O)OCC(COC(=O)C(=C)C(C)(C)O)c1ccc(-c2ccc(CCc3ccc(CCCCC)cc3)cc2)c(CC)c1)C(C)(C)O. The van der Waals surface area contributed by atoms with Crippen molar-refractivity contribution in [2.24, 2.45) is 0 Å². The Hall–Kier alpha value is -4.00. The highest BCUT2D eigenvalue weighted by Crippen LogP contribution is 2.30. The van der Waals surface area contributed by atoms with Crippen LogP contribution in [0.4, 0.5) is 0 Å². The maximum absolute atomic E-state index is 12.6. The van der Waals surface area contributed by atoms with Gasteiger partial charge in [0.15, 0.2) is 0 Å². The van der Waals surface area contributed by atoms with Crippen molar-refractivity contribution >= 4 is 11.9 Å². The second-order valence-electron chi connectivity index (χ2n) is 13.7. The Morgan fingerprint density at radius 2 is 1.15 bits per heavy atom. The minimum Gasteiger partial charge on any atom is -0.461 e. The highest BCUT2D eigenvalue weighted by Gasteiger charge is 2.28. The topological polar surface area (TPSA) is 93.1 Å². The molecule has 0 atom stereocenters. The molecular weight excluding hydrogens is 600 g/mol. The van der Waals surface area contributed by atoms with Gasteiger partial charge in [0, 0.05) is 0 Å². The molecule has 0 aliphatic carbocycles. The molecular formula is C42H54O6. The number of carbonyl (C=O) groups excluding carboxylic acids is 2. The van der Waals surface area contributed by atoms with Crippen LogP contribution in [0.5, 0.6) is 0 Å². The lowest BCUT2D eigenvalue weighted by Crippen LogP contribution is -2.31. The lowest BCUT2D eigenvalue weighted by Gasteiger charge is -2.24. The molecule has 0 aromatic heterocycles. The van der Waals surface area contributed by atoms with E-state index in [1.54, 1.807) is 0 Å². The van der Waals surface area contributed by atoms with Crippen LogP contribution in [0.1, 0.15) is 94.5 Å². The van der Waals surface area contributed by atoms with Gasteiger partial charge in [-0.15, -0.1) is 0 Å². The van der Waals surface area contributed by atoms with Crippen LogP contribution < -0.4 is 0 Å². The first-order valence-corrected chi connectivity index (χ1v) is 17.1. The highest BCUT2D eigenvalue weighted by atomic mass is 16.5. The number of ether oxygens (including phenoxy) is 2. The monoisotopic (exact) mass is 654 g/mol. The van der Waals surface area contributed by atoms with Gasteiger partial charge in [0.1, 0.15) is 13.2 Å². The second kappa shape index (κ2) is 17.4. The minimum absolute atomic E-state index is 0.0718. The zero-order valence-corrected chi connectivity index (χ0v) is 29.7. The van der Waals surface area contributed by atoms with Crippen LogP contribution in [0.3, 0.4) is 0 Å². The average molecular weight is 655 g/mol. The first-order valence-electron chi connectivity index (χ1n) is 17.1. The van der Waals surface area contributed by atoms with Crippen molar-refractivity contribution in [1.29, 1.82) is 0 Å². The number of carbonyl (C=O) groups is 2. The van der Waals surface area contributed by atoms with Gasteiger partial charge in [-0.05, 0) is 98.7 Å². The average Bonchev–Trinajstić information content (AvgIpc) is 3.06. The zero-order chi connectivity index (χ0) is 35.5. The number of hydrogen-bond acceptors (Lipinski definition) is 6. The van der Waals surface area contributed by atoms with E-state index in [0.717, 1.165) is 47.9 Å². The summed E-state index contributed by atoms with van der Waals surface area (Å²) in [7, 11) is 0. The summed E-state index contributed by atoms with van der Waals surface area (Å²) >= 11 is 0. The van der Waals surface area contributed by atoms with Gasteiger partial charge in [0.05, 0.1) is 28.3 Å². The van der Waals surface area contributed by atoms with E-state index in [1.165, 1.54) is 63.6 Å². The summed E-state index contributed by atoms with van der Waals surface area (Å²) in [6, 6.07) is 23.8. The molecule has 0 bridgehead atoms. The Morgan fingerprint density at radius 1 is 0.688 bits per heavy atom. The normalized spacial score (nSPS) is 11.8. The van der Waals surface area contributed by atoms with Crippen molar-refractivity contribution in [3.8, 4) is 11.1 Å². The standard InChI is InChI=1S/C42H54O6/c1-9-11-12-13-31-14-16-32(17-15-31)18-19-33-20-22-35(23-21-33)38-25-24-36(26-34(38)10-2)37(27-47-39(43)29(3)41(5,6)45)28-48-40(44)30(4)42(7,8)46/h14-17,20-26,37,45-46H,3-4,9-13,18-19,27-28H2,1-2,5-8H3. The number of benzene rings is 3. The smallest absolute Gasteiger partial charge is 0.336 e. The lowest BCUT2D eigenvalue weighted by molar-refractivity contribution is -0.144. The number of esters is 2. The first kappa shape index (κ1) is 38.4. The fourth-order valence-electron chi connectivity index (χ4n) is 5.30. The summed E-state index contributed by atoms with van der Waals surface area (Å²) in [6.07, 6.45) is 7.63. The van der Waals surface area contributed by atoms with Crippen molar-refractivity contribution in [3.05, 3.63) is 119 Å². The number of hydrogen-bond donors (Lipinski definition) is 2. The Kier molecular flexibility index (Phi) is 13.9. The molecule has 6 heteroatoms. The predicted molar refractivity (Wildman–Crippen MR) is 194 cm³/mol. The maximum atomic E-state index is 12.6. The molecule has 0 heterocycles. The fourth-order valence-corrected chi connectivity index (χ4v) is 5.30. The molecule has 6 nitrogen and oxygen atoms in total. The third kappa shape index (κ3) is 11.3. The number of unbranched alkanes of at least 4 members (excludes halogenated alkanes) is 2. The maximum Gasteiger partial charge on any atom is 0.336 e. The van der Waals surface area contributed by atoms with Crippen LogP contribution >= 0.6 is 0 Å². The van der Waals surface area contributed by atoms with E-state index in [-0.39, 0.29) is 24.4 Å². The minimum atomic E-state index is -1.44. The molecule has 2 N–H and O–H groups in total. The van der Waals surface area contributed by atoms with Crippen LogP contribution in [-0.2, 0) is 44.7 Å². The second-order valence-corrected chi connectivity index (χ2v) is 13.7. The van der Waals surface area contributed by atoms with Gasteiger partial charge in [0.2, 0.25) is 0 Å². The quantitative estimate of drug-likeness (QED) is 0.0815. The van der Waals surface area contributed by atoms with E-state index in [0.29, 0.717) is 0 Å². The largest absolute Gasteiger partial charge is 0.461 e. The predicted octanol–water partition coefficient (Wildman–Crippen LogP) is 8.26.